The second-order valence-corrected chi connectivity index (χ2v) is 6.30. The van der Waals surface area contributed by atoms with Crippen molar-refractivity contribution in [2.24, 2.45) is 0 Å². The van der Waals surface area contributed by atoms with E-state index < -0.39 is 5.41 Å². The van der Waals surface area contributed by atoms with Crippen LogP contribution in [0.3, 0.4) is 0 Å². The van der Waals surface area contributed by atoms with Crippen LogP contribution in [0.4, 0.5) is 5.69 Å². The number of carbonyl (C=O) groups is 2. The third-order valence-electron chi connectivity index (χ3n) is 4.19. The molecule has 1 aromatic rings. The van der Waals surface area contributed by atoms with Gasteiger partial charge in [-0.1, -0.05) is 25.0 Å². The van der Waals surface area contributed by atoms with Crippen molar-refractivity contribution in [2.45, 2.75) is 51.0 Å². The van der Waals surface area contributed by atoms with Crippen LogP contribution in [0, 0.1) is 0 Å². The third-order valence-corrected chi connectivity index (χ3v) is 4.19. The first kappa shape index (κ1) is 17.5. The lowest BCUT2D eigenvalue weighted by Gasteiger charge is -2.28. The van der Waals surface area contributed by atoms with E-state index in [0.29, 0.717) is 5.69 Å². The summed E-state index contributed by atoms with van der Waals surface area (Å²) in [5.74, 6) is -0.337. The van der Waals surface area contributed by atoms with Crippen molar-refractivity contribution >= 4 is 17.6 Å². The molecule has 2 rings (SSSR count). The molecule has 1 amide bonds. The molecule has 5 nitrogen and oxygen atoms in total. The normalized spacial score (nSPS) is 16.3. The van der Waals surface area contributed by atoms with Crippen LogP contribution < -0.4 is 5.32 Å². The minimum atomic E-state index is -0.542. The maximum absolute atomic E-state index is 12.6. The number of methoxy groups -OCH3 is 1. The molecule has 126 valence electrons. The SMILES string of the molecule is COCC(=O)Nc1ccc(C2(C(=O)OC(C)C)CCCC2)cc1. The van der Waals surface area contributed by atoms with Crippen molar-refractivity contribution in [3.05, 3.63) is 29.8 Å². The number of hydrogen-bond acceptors (Lipinski definition) is 4. The summed E-state index contributed by atoms with van der Waals surface area (Å²) in [5.41, 5.74) is 1.12. The van der Waals surface area contributed by atoms with Crippen molar-refractivity contribution in [3.8, 4) is 0 Å². The first-order valence-corrected chi connectivity index (χ1v) is 8.08. The highest BCUT2D eigenvalue weighted by Crippen LogP contribution is 2.42. The predicted molar refractivity (Wildman–Crippen MR) is 88.3 cm³/mol. The molecule has 0 heterocycles. The Kier molecular flexibility index (Phi) is 5.77. The van der Waals surface area contributed by atoms with Gasteiger partial charge < -0.3 is 14.8 Å². The monoisotopic (exact) mass is 319 g/mol. The molecule has 0 bridgehead atoms. The van der Waals surface area contributed by atoms with Crippen molar-refractivity contribution < 1.29 is 19.1 Å². The fourth-order valence-corrected chi connectivity index (χ4v) is 3.12. The number of anilines is 1. The first-order valence-electron chi connectivity index (χ1n) is 8.08. The average Bonchev–Trinajstić information content (AvgIpc) is 2.98. The fraction of sp³-hybridized carbons (Fsp3) is 0.556. The van der Waals surface area contributed by atoms with E-state index in [0.717, 1.165) is 31.2 Å². The van der Waals surface area contributed by atoms with E-state index in [-0.39, 0.29) is 24.6 Å². The van der Waals surface area contributed by atoms with Crippen LogP contribution in [-0.2, 0) is 24.5 Å². The number of ether oxygens (including phenoxy) is 2. The fourth-order valence-electron chi connectivity index (χ4n) is 3.12. The smallest absolute Gasteiger partial charge is 0.316 e. The number of benzene rings is 1. The molecule has 0 radical (unpaired) electrons. The molecule has 1 saturated carbocycles. The van der Waals surface area contributed by atoms with Gasteiger partial charge in [0.25, 0.3) is 0 Å². The van der Waals surface area contributed by atoms with E-state index in [9.17, 15) is 9.59 Å². The van der Waals surface area contributed by atoms with Crippen molar-refractivity contribution in [1.29, 1.82) is 0 Å². The zero-order valence-electron chi connectivity index (χ0n) is 14.1. The Morgan fingerprint density at radius 1 is 1.17 bits per heavy atom. The molecule has 23 heavy (non-hydrogen) atoms. The van der Waals surface area contributed by atoms with Crippen LogP contribution in [0.5, 0.6) is 0 Å². The molecule has 5 heteroatoms. The molecule has 1 aliphatic rings. The molecule has 0 spiro atoms. The van der Waals surface area contributed by atoms with Gasteiger partial charge in [-0.3, -0.25) is 9.59 Å². The molecule has 1 N–H and O–H groups in total. The summed E-state index contributed by atoms with van der Waals surface area (Å²) >= 11 is 0. The summed E-state index contributed by atoms with van der Waals surface area (Å²) in [6.45, 7) is 3.76. The lowest BCUT2D eigenvalue weighted by molar-refractivity contribution is -0.154. The average molecular weight is 319 g/mol. The highest BCUT2D eigenvalue weighted by molar-refractivity contribution is 5.92. The summed E-state index contributed by atoms with van der Waals surface area (Å²) < 4.78 is 10.3. The Balaban J connectivity index is 2.17. The Bertz CT molecular complexity index is 545. The van der Waals surface area contributed by atoms with Crippen molar-refractivity contribution in [1.82, 2.24) is 0 Å². The lowest BCUT2D eigenvalue weighted by atomic mass is 9.79. The minimum absolute atomic E-state index is 0.0202. The van der Waals surface area contributed by atoms with Crippen LogP contribution >= 0.6 is 0 Å². The summed E-state index contributed by atoms with van der Waals surface area (Å²) in [4.78, 5) is 24.2. The van der Waals surface area contributed by atoms with Crippen molar-refractivity contribution in [2.75, 3.05) is 19.0 Å². The van der Waals surface area contributed by atoms with E-state index in [2.05, 4.69) is 5.32 Å². The molecule has 1 aliphatic carbocycles. The molecule has 1 fully saturated rings. The Labute approximate surface area is 137 Å². The van der Waals surface area contributed by atoms with E-state index in [4.69, 9.17) is 9.47 Å². The highest BCUT2D eigenvalue weighted by Gasteiger charge is 2.44. The van der Waals surface area contributed by atoms with Gasteiger partial charge in [0.05, 0.1) is 11.5 Å². The Morgan fingerprint density at radius 2 is 1.78 bits per heavy atom. The standard InChI is InChI=1S/C18H25NO4/c1-13(2)23-17(21)18(10-4-5-11-18)14-6-8-15(9-7-14)19-16(20)12-22-3/h6-9,13H,4-5,10-12H2,1-3H3,(H,19,20). The predicted octanol–water partition coefficient (Wildman–Crippen LogP) is 3.03. The first-order chi connectivity index (χ1) is 11.0. The van der Waals surface area contributed by atoms with Gasteiger partial charge in [0.1, 0.15) is 6.61 Å². The van der Waals surface area contributed by atoms with Crippen LogP contribution in [0.2, 0.25) is 0 Å². The van der Waals surface area contributed by atoms with Gasteiger partial charge >= 0.3 is 5.97 Å². The zero-order chi connectivity index (χ0) is 16.9. The summed E-state index contributed by atoms with van der Waals surface area (Å²) in [5, 5.41) is 2.75. The van der Waals surface area contributed by atoms with E-state index >= 15 is 0 Å². The van der Waals surface area contributed by atoms with Crippen LogP contribution in [-0.4, -0.2) is 31.7 Å². The van der Waals surface area contributed by atoms with E-state index in [1.165, 1.54) is 7.11 Å². The van der Waals surface area contributed by atoms with Gasteiger partial charge in [0.15, 0.2) is 0 Å². The molecule has 0 saturated heterocycles. The number of amides is 1. The number of esters is 1. The quantitative estimate of drug-likeness (QED) is 0.819. The van der Waals surface area contributed by atoms with Crippen molar-refractivity contribution in [3.63, 3.8) is 0 Å². The van der Waals surface area contributed by atoms with Gasteiger partial charge in [-0.2, -0.15) is 0 Å². The number of hydrogen-bond donors (Lipinski definition) is 1. The highest BCUT2D eigenvalue weighted by atomic mass is 16.5. The molecule has 0 aromatic heterocycles. The summed E-state index contributed by atoms with van der Waals surface area (Å²) in [7, 11) is 1.48. The molecular formula is C18H25NO4. The Hall–Kier alpha value is -1.88. The van der Waals surface area contributed by atoms with Gasteiger partial charge in [-0.25, -0.2) is 0 Å². The van der Waals surface area contributed by atoms with E-state index in [1.807, 2.05) is 38.1 Å². The second-order valence-electron chi connectivity index (χ2n) is 6.30. The summed E-state index contributed by atoms with van der Waals surface area (Å²) in [6, 6.07) is 7.47. The molecule has 0 atom stereocenters. The maximum atomic E-state index is 12.6. The second kappa shape index (κ2) is 7.59. The van der Waals surface area contributed by atoms with Gasteiger partial charge in [-0.05, 0) is 44.4 Å². The van der Waals surface area contributed by atoms with Crippen LogP contribution in [0.25, 0.3) is 0 Å². The third kappa shape index (κ3) is 4.10. The molecule has 1 aromatic carbocycles. The molecule has 0 aliphatic heterocycles. The minimum Gasteiger partial charge on any atom is -0.462 e. The number of rotatable bonds is 6. The Morgan fingerprint density at radius 3 is 2.30 bits per heavy atom. The lowest BCUT2D eigenvalue weighted by Crippen LogP contribution is -2.36. The van der Waals surface area contributed by atoms with Crippen LogP contribution in [0.15, 0.2) is 24.3 Å². The van der Waals surface area contributed by atoms with Gasteiger partial charge in [-0.15, -0.1) is 0 Å². The maximum Gasteiger partial charge on any atom is 0.316 e. The molecular weight excluding hydrogens is 294 g/mol. The topological polar surface area (TPSA) is 64.6 Å². The summed E-state index contributed by atoms with van der Waals surface area (Å²) in [6.07, 6.45) is 3.56. The van der Waals surface area contributed by atoms with Gasteiger partial charge in [0.2, 0.25) is 5.91 Å². The van der Waals surface area contributed by atoms with E-state index in [1.54, 1.807) is 0 Å². The zero-order valence-corrected chi connectivity index (χ0v) is 14.1. The van der Waals surface area contributed by atoms with Crippen LogP contribution in [0.1, 0.15) is 45.1 Å². The molecule has 0 unspecified atom stereocenters. The van der Waals surface area contributed by atoms with Gasteiger partial charge in [0, 0.05) is 12.8 Å². The number of nitrogens with one attached hydrogen (secondary N) is 1. The number of carbonyl (C=O) groups excluding carboxylic acids is 2. The largest absolute Gasteiger partial charge is 0.462 e.